The molecule has 1 aliphatic carbocycles. The predicted octanol–water partition coefficient (Wildman–Crippen LogP) is 3.51. The molecule has 0 heterocycles. The van der Waals surface area contributed by atoms with Gasteiger partial charge in [0.15, 0.2) is 11.5 Å². The molecule has 0 unspecified atom stereocenters. The quantitative estimate of drug-likeness (QED) is 0.769. The van der Waals surface area contributed by atoms with E-state index in [1.165, 1.54) is 5.56 Å². The molecule has 1 fully saturated rings. The number of benzene rings is 1. The summed E-state index contributed by atoms with van der Waals surface area (Å²) >= 11 is 0. The minimum Gasteiger partial charge on any atom is -0.493 e. The van der Waals surface area contributed by atoms with Crippen molar-refractivity contribution in [1.82, 2.24) is 5.32 Å². The number of methoxy groups -OCH3 is 1. The van der Waals surface area contributed by atoms with Crippen molar-refractivity contribution >= 4 is 0 Å². The van der Waals surface area contributed by atoms with Crippen molar-refractivity contribution in [2.45, 2.75) is 64.6 Å². The molecule has 0 amide bonds. The van der Waals surface area contributed by atoms with Crippen molar-refractivity contribution < 1.29 is 14.6 Å². The van der Waals surface area contributed by atoms with Crippen LogP contribution in [0.5, 0.6) is 11.5 Å². The second kappa shape index (κ2) is 9.14. The first-order chi connectivity index (χ1) is 11.1. The summed E-state index contributed by atoms with van der Waals surface area (Å²) in [5.74, 6) is 2.25. The lowest BCUT2D eigenvalue weighted by Crippen LogP contribution is -2.34. The van der Waals surface area contributed by atoms with Crippen LogP contribution in [0.15, 0.2) is 18.2 Å². The van der Waals surface area contributed by atoms with Crippen LogP contribution in [0.25, 0.3) is 0 Å². The average Bonchev–Trinajstić information content (AvgIpc) is 2.54. The molecule has 0 bridgehead atoms. The van der Waals surface area contributed by atoms with Gasteiger partial charge in [0.2, 0.25) is 0 Å². The first-order valence-electron chi connectivity index (χ1n) is 8.79. The molecule has 0 atom stereocenters. The Balaban J connectivity index is 1.88. The lowest BCUT2D eigenvalue weighted by molar-refractivity contribution is 0.116. The lowest BCUT2D eigenvalue weighted by Gasteiger charge is -2.26. The van der Waals surface area contributed by atoms with Crippen molar-refractivity contribution in [2.75, 3.05) is 13.7 Å². The van der Waals surface area contributed by atoms with E-state index in [-0.39, 0.29) is 6.10 Å². The lowest BCUT2D eigenvalue weighted by atomic mass is 9.93. The Bertz CT molecular complexity index is 468. The molecule has 0 aromatic heterocycles. The highest BCUT2D eigenvalue weighted by molar-refractivity contribution is 5.43. The highest BCUT2D eigenvalue weighted by Crippen LogP contribution is 2.28. The molecule has 4 nitrogen and oxygen atoms in total. The van der Waals surface area contributed by atoms with Crippen molar-refractivity contribution in [1.29, 1.82) is 0 Å². The van der Waals surface area contributed by atoms with Crippen LogP contribution < -0.4 is 14.8 Å². The number of aliphatic hydroxyl groups excluding tert-OH is 1. The summed E-state index contributed by atoms with van der Waals surface area (Å²) in [5.41, 5.74) is 1.21. The van der Waals surface area contributed by atoms with Crippen LogP contribution in [0.2, 0.25) is 0 Å². The van der Waals surface area contributed by atoms with Crippen LogP contribution in [0.1, 0.15) is 51.5 Å². The van der Waals surface area contributed by atoms with E-state index in [0.717, 1.165) is 50.1 Å². The summed E-state index contributed by atoms with van der Waals surface area (Å²) in [6.07, 6.45) is 4.85. The third-order valence-corrected chi connectivity index (χ3v) is 4.47. The zero-order chi connectivity index (χ0) is 16.7. The summed E-state index contributed by atoms with van der Waals surface area (Å²) in [5, 5.41) is 13.2. The molecule has 1 aromatic carbocycles. The standard InChI is InChI=1S/C19H31NO3/c1-14(2)10-11-23-19-12-15(4-9-18(19)22-3)13-20-16-5-7-17(21)8-6-16/h4,9,12,14,16-17,20-21H,5-8,10-11,13H2,1-3H3. The second-order valence-corrected chi connectivity index (χ2v) is 6.90. The topological polar surface area (TPSA) is 50.7 Å². The van der Waals surface area contributed by atoms with E-state index < -0.39 is 0 Å². The molecule has 0 aliphatic heterocycles. The van der Waals surface area contributed by atoms with E-state index in [9.17, 15) is 5.11 Å². The monoisotopic (exact) mass is 321 g/mol. The van der Waals surface area contributed by atoms with Crippen LogP contribution in [0.4, 0.5) is 0 Å². The average molecular weight is 321 g/mol. The van der Waals surface area contributed by atoms with E-state index in [1.807, 2.05) is 6.07 Å². The third-order valence-electron chi connectivity index (χ3n) is 4.47. The Morgan fingerprint density at radius 2 is 1.91 bits per heavy atom. The van der Waals surface area contributed by atoms with Gasteiger partial charge in [0.1, 0.15) is 0 Å². The maximum absolute atomic E-state index is 9.57. The van der Waals surface area contributed by atoms with Gasteiger partial charge in [-0.1, -0.05) is 19.9 Å². The normalized spacial score (nSPS) is 21.4. The highest BCUT2D eigenvalue weighted by atomic mass is 16.5. The number of aliphatic hydroxyl groups is 1. The second-order valence-electron chi connectivity index (χ2n) is 6.90. The molecule has 23 heavy (non-hydrogen) atoms. The Labute approximate surface area is 140 Å². The van der Waals surface area contributed by atoms with Crippen molar-refractivity contribution in [2.24, 2.45) is 5.92 Å². The molecular weight excluding hydrogens is 290 g/mol. The molecular formula is C19H31NO3. The Hall–Kier alpha value is -1.26. The van der Waals surface area contributed by atoms with Crippen LogP contribution in [0, 0.1) is 5.92 Å². The maximum atomic E-state index is 9.57. The van der Waals surface area contributed by atoms with Gasteiger partial charge in [-0.15, -0.1) is 0 Å². The van der Waals surface area contributed by atoms with Crippen LogP contribution in [0.3, 0.4) is 0 Å². The summed E-state index contributed by atoms with van der Waals surface area (Å²) in [7, 11) is 1.68. The Kier molecular flexibility index (Phi) is 7.18. The van der Waals surface area contributed by atoms with Gasteiger partial charge in [-0.25, -0.2) is 0 Å². The molecule has 130 valence electrons. The van der Waals surface area contributed by atoms with Gasteiger partial charge in [-0.05, 0) is 55.7 Å². The molecule has 1 saturated carbocycles. The summed E-state index contributed by atoms with van der Waals surface area (Å²) in [4.78, 5) is 0. The predicted molar refractivity (Wildman–Crippen MR) is 93.0 cm³/mol. The molecule has 1 aromatic rings. The van der Waals surface area contributed by atoms with Gasteiger partial charge in [0, 0.05) is 12.6 Å². The van der Waals surface area contributed by atoms with E-state index in [0.29, 0.717) is 18.6 Å². The minimum atomic E-state index is -0.102. The summed E-state index contributed by atoms with van der Waals surface area (Å²) in [6, 6.07) is 6.64. The van der Waals surface area contributed by atoms with E-state index >= 15 is 0 Å². The summed E-state index contributed by atoms with van der Waals surface area (Å²) in [6.45, 7) is 5.93. The van der Waals surface area contributed by atoms with Gasteiger partial charge < -0.3 is 19.9 Å². The molecule has 0 spiro atoms. The molecule has 2 N–H and O–H groups in total. The SMILES string of the molecule is COc1ccc(CNC2CCC(O)CC2)cc1OCCC(C)C. The van der Waals surface area contributed by atoms with Crippen molar-refractivity contribution in [3.8, 4) is 11.5 Å². The molecule has 2 rings (SSSR count). The number of rotatable bonds is 8. The van der Waals surface area contributed by atoms with Crippen molar-refractivity contribution in [3.05, 3.63) is 23.8 Å². The number of hydrogen-bond acceptors (Lipinski definition) is 4. The van der Waals surface area contributed by atoms with Crippen LogP contribution >= 0.6 is 0 Å². The van der Waals surface area contributed by atoms with Crippen LogP contribution in [-0.4, -0.2) is 31.0 Å². The van der Waals surface area contributed by atoms with Gasteiger partial charge in [-0.3, -0.25) is 0 Å². The van der Waals surface area contributed by atoms with Crippen molar-refractivity contribution in [3.63, 3.8) is 0 Å². The smallest absolute Gasteiger partial charge is 0.161 e. The van der Waals surface area contributed by atoms with E-state index in [1.54, 1.807) is 7.11 Å². The Morgan fingerprint density at radius 1 is 1.17 bits per heavy atom. The highest BCUT2D eigenvalue weighted by Gasteiger charge is 2.18. The van der Waals surface area contributed by atoms with E-state index in [4.69, 9.17) is 9.47 Å². The van der Waals surface area contributed by atoms with Gasteiger partial charge in [-0.2, -0.15) is 0 Å². The largest absolute Gasteiger partial charge is 0.493 e. The first kappa shape index (κ1) is 18.1. The molecule has 1 aliphatic rings. The minimum absolute atomic E-state index is 0.102. The zero-order valence-electron chi connectivity index (χ0n) is 14.7. The summed E-state index contributed by atoms with van der Waals surface area (Å²) < 4.78 is 11.3. The molecule has 4 heteroatoms. The van der Waals surface area contributed by atoms with Crippen LogP contribution in [-0.2, 0) is 6.54 Å². The number of ether oxygens (including phenoxy) is 2. The molecule has 0 saturated heterocycles. The fraction of sp³-hybridized carbons (Fsp3) is 0.684. The maximum Gasteiger partial charge on any atom is 0.161 e. The fourth-order valence-electron chi connectivity index (χ4n) is 2.89. The zero-order valence-corrected chi connectivity index (χ0v) is 14.7. The Morgan fingerprint density at radius 3 is 2.57 bits per heavy atom. The first-order valence-corrected chi connectivity index (χ1v) is 8.79. The number of hydrogen-bond donors (Lipinski definition) is 2. The van der Waals surface area contributed by atoms with Gasteiger partial charge >= 0.3 is 0 Å². The third kappa shape index (κ3) is 6.04. The van der Waals surface area contributed by atoms with Gasteiger partial charge in [0.05, 0.1) is 19.8 Å². The molecule has 0 radical (unpaired) electrons. The van der Waals surface area contributed by atoms with E-state index in [2.05, 4.69) is 31.3 Å². The number of nitrogens with one attached hydrogen (secondary N) is 1. The fourth-order valence-corrected chi connectivity index (χ4v) is 2.89. The van der Waals surface area contributed by atoms with Gasteiger partial charge in [0.25, 0.3) is 0 Å².